The Hall–Kier alpha value is 0.902. The summed E-state index contributed by atoms with van der Waals surface area (Å²) in [5, 5.41) is 0. The van der Waals surface area contributed by atoms with Crippen LogP contribution in [-0.4, -0.2) is 26.9 Å². The van der Waals surface area contributed by atoms with Crippen molar-refractivity contribution in [2.24, 2.45) is 0 Å². The number of hydrogen-bond donors (Lipinski definition) is 0. The van der Waals surface area contributed by atoms with Crippen molar-refractivity contribution in [1.82, 2.24) is 9.55 Å². The molecule has 0 unspecified atom stereocenters. The molecule has 0 amide bonds. The van der Waals surface area contributed by atoms with Gasteiger partial charge in [0.15, 0.2) is 0 Å². The molecule has 82 valence electrons. The predicted molar refractivity (Wildman–Crippen MR) is 50.1 cm³/mol. The third-order valence-corrected chi connectivity index (χ3v) is 1.33. The molecule has 1 rings (SSSR count). The van der Waals surface area contributed by atoms with Gasteiger partial charge in [0.05, 0.1) is 6.33 Å². The van der Waals surface area contributed by atoms with Crippen LogP contribution in [0, 0.1) is 0 Å². The van der Waals surface area contributed by atoms with E-state index in [2.05, 4.69) is 16.5 Å². The van der Waals surface area contributed by atoms with Gasteiger partial charge in [-0.3, -0.25) is 0 Å². The smallest absolute Gasteiger partial charge is 1.00 e. The first-order chi connectivity index (χ1) is 4.43. The van der Waals surface area contributed by atoms with Gasteiger partial charge in [-0.15, -0.1) is 12.4 Å². The van der Waals surface area contributed by atoms with Crippen LogP contribution in [-0.2, 0) is 6.54 Å². The maximum Gasteiger partial charge on any atom is 3.00 e. The molecule has 1 aromatic heterocycles. The fraction of sp³-hybridized carbons (Fsp3) is 0.571. The minimum absolute atomic E-state index is 0. The monoisotopic (exact) mass is 292 g/mol. The summed E-state index contributed by atoms with van der Waals surface area (Å²) in [6.07, 6.45) is 8.16. The Morgan fingerprint density at radius 3 is 2.14 bits per heavy atom. The summed E-state index contributed by atoms with van der Waals surface area (Å²) < 4.78 is 2.10. The summed E-state index contributed by atoms with van der Waals surface area (Å²) in [6.45, 7) is 3.30. The summed E-state index contributed by atoms with van der Waals surface area (Å²) >= 11 is 0. The number of rotatable bonds is 3. The van der Waals surface area contributed by atoms with Crippen LogP contribution in [0.5, 0.6) is 0 Å². The second-order valence-corrected chi connectivity index (χ2v) is 2.15. The van der Waals surface area contributed by atoms with Gasteiger partial charge in [0, 0.05) is 18.9 Å². The second kappa shape index (κ2) is 19.5. The molecule has 0 spiro atoms. The molecule has 0 aliphatic heterocycles. The SMILES string of the molecule is CCCCn1ccnc1.Cl.[Al+3].[Cl-].[Cl-].[Cl-]. The number of nitrogens with zero attached hydrogens (tertiary/aromatic N) is 2. The van der Waals surface area contributed by atoms with Crippen molar-refractivity contribution in [3.8, 4) is 0 Å². The number of aromatic nitrogens is 2. The molecule has 14 heavy (non-hydrogen) atoms. The molecule has 0 saturated heterocycles. The molecule has 0 aliphatic carbocycles. The summed E-state index contributed by atoms with van der Waals surface area (Å²) in [5.74, 6) is 0. The van der Waals surface area contributed by atoms with Crippen LogP contribution in [0.4, 0.5) is 0 Å². The molecule has 0 saturated carbocycles. The summed E-state index contributed by atoms with van der Waals surface area (Å²) in [5.41, 5.74) is 0. The van der Waals surface area contributed by atoms with E-state index in [1.807, 2.05) is 18.7 Å². The van der Waals surface area contributed by atoms with E-state index in [9.17, 15) is 0 Å². The summed E-state index contributed by atoms with van der Waals surface area (Å²) in [4.78, 5) is 3.94. The Bertz CT molecular complexity index is 161. The summed E-state index contributed by atoms with van der Waals surface area (Å²) in [7, 11) is 0. The van der Waals surface area contributed by atoms with Crippen molar-refractivity contribution < 1.29 is 37.2 Å². The Labute approximate surface area is 121 Å². The molecule has 0 atom stereocenters. The molecule has 0 aromatic carbocycles. The molecule has 7 heteroatoms. The number of hydrogen-bond acceptors (Lipinski definition) is 1. The van der Waals surface area contributed by atoms with E-state index < -0.39 is 0 Å². The molecule has 0 radical (unpaired) electrons. The summed E-state index contributed by atoms with van der Waals surface area (Å²) in [6, 6.07) is 0. The van der Waals surface area contributed by atoms with E-state index in [0.29, 0.717) is 0 Å². The third-order valence-electron chi connectivity index (χ3n) is 1.33. The van der Waals surface area contributed by atoms with Crippen molar-refractivity contribution in [2.45, 2.75) is 26.3 Å². The van der Waals surface area contributed by atoms with Gasteiger partial charge in [0.2, 0.25) is 0 Å². The van der Waals surface area contributed by atoms with Crippen LogP contribution in [0.25, 0.3) is 0 Å². The van der Waals surface area contributed by atoms with E-state index in [1.165, 1.54) is 12.8 Å². The largest absolute Gasteiger partial charge is 3.00 e. The molecule has 0 aliphatic rings. The molecule has 0 fully saturated rings. The predicted octanol–water partition coefficient (Wildman–Crippen LogP) is -7.26. The van der Waals surface area contributed by atoms with E-state index in [1.54, 1.807) is 0 Å². The van der Waals surface area contributed by atoms with Gasteiger partial charge in [0.25, 0.3) is 0 Å². The van der Waals surface area contributed by atoms with Crippen molar-refractivity contribution >= 4 is 29.8 Å². The van der Waals surface area contributed by atoms with Gasteiger partial charge < -0.3 is 41.8 Å². The molecule has 1 aromatic rings. The van der Waals surface area contributed by atoms with Gasteiger partial charge in [-0.2, -0.15) is 0 Å². The Balaban J connectivity index is -0.0000000540. The quantitative estimate of drug-likeness (QED) is 0.507. The second-order valence-electron chi connectivity index (χ2n) is 2.15. The minimum Gasteiger partial charge on any atom is -1.00 e. The zero-order chi connectivity index (χ0) is 6.53. The third kappa shape index (κ3) is 12.9. The van der Waals surface area contributed by atoms with Gasteiger partial charge in [-0.1, -0.05) is 13.3 Å². The van der Waals surface area contributed by atoms with Gasteiger partial charge in [0.1, 0.15) is 0 Å². The standard InChI is InChI=1S/C7H12N2.Al.4ClH/c1-2-3-5-9-6-4-8-7-9;;;;;/h4,6-7H,2-3,5H2,1H3;;4*1H/q;+3;;;;/p-3. The van der Waals surface area contributed by atoms with Crippen LogP contribution in [0.2, 0.25) is 0 Å². The van der Waals surface area contributed by atoms with E-state index in [0.717, 1.165) is 6.54 Å². The maximum absolute atomic E-state index is 3.94. The van der Waals surface area contributed by atoms with Gasteiger partial charge in [-0.05, 0) is 6.42 Å². The Morgan fingerprint density at radius 1 is 1.21 bits per heavy atom. The maximum atomic E-state index is 3.94. The van der Waals surface area contributed by atoms with Gasteiger partial charge in [-0.25, -0.2) is 4.98 Å². The van der Waals surface area contributed by atoms with Crippen LogP contribution in [0.15, 0.2) is 18.7 Å². The average Bonchev–Trinajstić information content (AvgIpc) is 2.34. The van der Waals surface area contributed by atoms with Crippen LogP contribution in [0.3, 0.4) is 0 Å². The first kappa shape index (κ1) is 29.4. The molecule has 0 N–H and O–H groups in total. The van der Waals surface area contributed by atoms with E-state index in [-0.39, 0.29) is 67.0 Å². The fourth-order valence-electron chi connectivity index (χ4n) is 0.760. The first-order valence-electron chi connectivity index (χ1n) is 3.39. The minimum atomic E-state index is 0. The van der Waals surface area contributed by atoms with Gasteiger partial charge >= 0.3 is 17.4 Å². The van der Waals surface area contributed by atoms with Crippen LogP contribution in [0.1, 0.15) is 19.8 Å². The van der Waals surface area contributed by atoms with Crippen LogP contribution >= 0.6 is 12.4 Å². The first-order valence-corrected chi connectivity index (χ1v) is 3.39. The number of unbranched alkanes of at least 4 members (excludes halogenated alkanes) is 1. The van der Waals surface area contributed by atoms with Crippen LogP contribution < -0.4 is 37.2 Å². The molecular formula is C7H13AlCl4N2. The zero-order valence-corrected chi connectivity index (χ0v) is 12.1. The van der Waals surface area contributed by atoms with E-state index in [4.69, 9.17) is 0 Å². The molecule has 0 bridgehead atoms. The number of imidazole rings is 1. The topological polar surface area (TPSA) is 17.8 Å². The van der Waals surface area contributed by atoms with E-state index >= 15 is 0 Å². The molecule has 1 heterocycles. The van der Waals surface area contributed by atoms with Crippen molar-refractivity contribution in [3.63, 3.8) is 0 Å². The average molecular weight is 294 g/mol. The van der Waals surface area contributed by atoms with Crippen molar-refractivity contribution in [3.05, 3.63) is 18.7 Å². The molecule has 2 nitrogen and oxygen atoms in total. The van der Waals surface area contributed by atoms with Crippen molar-refractivity contribution in [1.29, 1.82) is 0 Å². The normalized spacial score (nSPS) is 6.36. The zero-order valence-electron chi connectivity index (χ0n) is 7.87. The number of halogens is 4. The number of aryl methyl sites for hydroxylation is 1. The molecular weight excluding hydrogens is 281 g/mol. The Kier molecular flexibility index (Phi) is 40.9. The Morgan fingerprint density at radius 2 is 1.79 bits per heavy atom. The fourth-order valence-corrected chi connectivity index (χ4v) is 0.760. The van der Waals surface area contributed by atoms with Crippen molar-refractivity contribution in [2.75, 3.05) is 0 Å².